The molecule has 0 radical (unpaired) electrons. The molecular weight excluding hydrogens is 532 g/mol. The molecule has 3 heterocycles. The minimum absolute atomic E-state index is 0.196. The minimum Gasteiger partial charge on any atom is -0.492 e. The van der Waals surface area contributed by atoms with Crippen LogP contribution in [0, 0.1) is 0 Å². The van der Waals surface area contributed by atoms with Gasteiger partial charge in [0.1, 0.15) is 12.4 Å². The summed E-state index contributed by atoms with van der Waals surface area (Å²) in [6.07, 6.45) is 1.52. The number of ether oxygens (including phenoxy) is 1. The van der Waals surface area contributed by atoms with E-state index in [1.54, 1.807) is 36.4 Å². The van der Waals surface area contributed by atoms with E-state index in [0.29, 0.717) is 28.2 Å². The third-order valence-corrected chi connectivity index (χ3v) is 9.28. The molecule has 7 nitrogen and oxygen atoms in total. The van der Waals surface area contributed by atoms with Gasteiger partial charge < -0.3 is 9.64 Å². The average molecular weight is 561 g/mol. The van der Waals surface area contributed by atoms with E-state index < -0.39 is 10.0 Å². The third kappa shape index (κ3) is 4.89. The van der Waals surface area contributed by atoms with Crippen LogP contribution in [0.3, 0.4) is 0 Å². The van der Waals surface area contributed by atoms with E-state index in [0.717, 1.165) is 55.0 Å². The molecule has 2 aromatic heterocycles. The van der Waals surface area contributed by atoms with Gasteiger partial charge in [-0.15, -0.1) is 0 Å². The summed E-state index contributed by atoms with van der Waals surface area (Å²) >= 11 is 6.78. The van der Waals surface area contributed by atoms with E-state index in [2.05, 4.69) is 21.8 Å². The lowest BCUT2D eigenvalue weighted by atomic mass is 10.0. The molecule has 1 fully saturated rings. The van der Waals surface area contributed by atoms with E-state index in [4.69, 9.17) is 16.3 Å². The molecular formula is C30H29ClN4O3S. The van der Waals surface area contributed by atoms with Crippen molar-refractivity contribution in [2.45, 2.75) is 4.90 Å². The zero-order valence-electron chi connectivity index (χ0n) is 21.6. The van der Waals surface area contributed by atoms with Crippen LogP contribution < -0.4 is 4.74 Å². The van der Waals surface area contributed by atoms with E-state index in [1.807, 2.05) is 42.5 Å². The van der Waals surface area contributed by atoms with Crippen molar-refractivity contribution in [2.75, 3.05) is 46.4 Å². The first-order valence-electron chi connectivity index (χ1n) is 13.0. The molecule has 0 atom stereocenters. The maximum Gasteiger partial charge on any atom is 0.269 e. The largest absolute Gasteiger partial charge is 0.492 e. The number of para-hydroxylation sites is 1. The molecule has 0 unspecified atom stereocenters. The van der Waals surface area contributed by atoms with Crippen molar-refractivity contribution in [2.24, 2.45) is 0 Å². The third-order valence-electron chi connectivity index (χ3n) is 7.27. The number of halogens is 1. The summed E-state index contributed by atoms with van der Waals surface area (Å²) in [5.41, 5.74) is 2.45. The first kappa shape index (κ1) is 25.8. The van der Waals surface area contributed by atoms with Gasteiger partial charge in [0.05, 0.1) is 15.4 Å². The Kier molecular flexibility index (Phi) is 7.03. The van der Waals surface area contributed by atoms with Gasteiger partial charge in [0.2, 0.25) is 0 Å². The van der Waals surface area contributed by atoms with Crippen molar-refractivity contribution in [1.29, 1.82) is 0 Å². The monoisotopic (exact) mass is 560 g/mol. The van der Waals surface area contributed by atoms with E-state index in [-0.39, 0.29) is 4.90 Å². The number of nitrogens with zero attached hydrogens (tertiary/aromatic N) is 4. The number of pyridine rings is 1. The molecule has 0 amide bonds. The van der Waals surface area contributed by atoms with Crippen LogP contribution in [0.5, 0.6) is 5.75 Å². The van der Waals surface area contributed by atoms with Gasteiger partial charge in [0.15, 0.2) is 5.65 Å². The normalized spacial score (nSPS) is 15.2. The predicted molar refractivity (Wildman–Crippen MR) is 156 cm³/mol. The number of benzene rings is 3. The van der Waals surface area contributed by atoms with Gasteiger partial charge in [-0.25, -0.2) is 17.4 Å². The summed E-state index contributed by atoms with van der Waals surface area (Å²) in [6, 6.07) is 23.6. The molecule has 0 spiro atoms. The summed E-state index contributed by atoms with van der Waals surface area (Å²) in [5.74, 6) is 0.739. The molecule has 5 aromatic rings. The Balaban J connectivity index is 1.42. The van der Waals surface area contributed by atoms with Gasteiger partial charge in [0, 0.05) is 55.3 Å². The fraction of sp³-hybridized carbons (Fsp3) is 0.233. The van der Waals surface area contributed by atoms with Crippen molar-refractivity contribution in [1.82, 2.24) is 18.8 Å². The molecule has 6 rings (SSSR count). The number of fused-ring (bicyclic) bond motifs is 3. The highest BCUT2D eigenvalue weighted by molar-refractivity contribution is 7.90. The standard InChI is InChI=1S/C30H29ClN4O3S/c1-33-14-16-34(17-15-33)18-19-38-23-9-7-8-22(20-23)28-26(31)21-32-30-29(28)25-12-5-6-13-27(25)35(30)39(36,37)24-10-3-2-4-11-24/h2-13,20-21H,14-19H2,1H3. The number of hydrogen-bond acceptors (Lipinski definition) is 6. The molecule has 1 aliphatic rings. The molecule has 3 aromatic carbocycles. The lowest BCUT2D eigenvalue weighted by Gasteiger charge is -2.32. The maximum atomic E-state index is 13.8. The molecule has 39 heavy (non-hydrogen) atoms. The Morgan fingerprint density at radius 2 is 1.67 bits per heavy atom. The minimum atomic E-state index is -3.92. The summed E-state index contributed by atoms with van der Waals surface area (Å²) in [6.45, 7) is 5.67. The fourth-order valence-electron chi connectivity index (χ4n) is 5.19. The second-order valence-electron chi connectivity index (χ2n) is 9.80. The summed E-state index contributed by atoms with van der Waals surface area (Å²) in [4.78, 5) is 9.48. The van der Waals surface area contributed by atoms with Crippen LogP contribution >= 0.6 is 11.6 Å². The molecule has 0 aliphatic carbocycles. The fourth-order valence-corrected chi connectivity index (χ4v) is 6.94. The van der Waals surface area contributed by atoms with Crippen LogP contribution in [-0.4, -0.2) is 73.6 Å². The highest BCUT2D eigenvalue weighted by Crippen LogP contribution is 2.41. The Labute approximate surface area is 233 Å². The molecule has 0 bridgehead atoms. The molecule has 1 aliphatic heterocycles. The highest BCUT2D eigenvalue weighted by Gasteiger charge is 2.26. The highest BCUT2D eigenvalue weighted by atomic mass is 35.5. The van der Waals surface area contributed by atoms with Gasteiger partial charge in [-0.05, 0) is 42.9 Å². The van der Waals surface area contributed by atoms with Crippen molar-refractivity contribution >= 4 is 43.6 Å². The predicted octanol–water partition coefficient (Wildman–Crippen LogP) is 5.37. The lowest BCUT2D eigenvalue weighted by Crippen LogP contribution is -2.45. The zero-order valence-corrected chi connectivity index (χ0v) is 23.2. The summed E-state index contributed by atoms with van der Waals surface area (Å²) < 4.78 is 35.1. The SMILES string of the molecule is CN1CCN(CCOc2cccc(-c3c(Cl)cnc4c3c3ccccc3n4S(=O)(=O)c3ccccc3)c2)CC1. The van der Waals surface area contributed by atoms with E-state index in [1.165, 1.54) is 10.2 Å². The van der Waals surface area contributed by atoms with Crippen molar-refractivity contribution < 1.29 is 13.2 Å². The van der Waals surface area contributed by atoms with Crippen LogP contribution in [0.2, 0.25) is 5.02 Å². The molecule has 0 saturated carbocycles. The maximum absolute atomic E-state index is 13.8. The lowest BCUT2D eigenvalue weighted by molar-refractivity contribution is 0.134. The first-order chi connectivity index (χ1) is 18.9. The molecule has 9 heteroatoms. The van der Waals surface area contributed by atoms with Gasteiger partial charge in [0.25, 0.3) is 10.0 Å². The summed E-state index contributed by atoms with van der Waals surface area (Å²) in [7, 11) is -1.77. The number of likely N-dealkylation sites (N-methyl/N-ethyl adjacent to an activating group) is 1. The Hall–Kier alpha value is -3.43. The first-order valence-corrected chi connectivity index (χ1v) is 14.8. The second kappa shape index (κ2) is 10.6. The quantitative estimate of drug-likeness (QED) is 0.266. The van der Waals surface area contributed by atoms with Crippen LogP contribution in [0.15, 0.2) is 90.0 Å². The molecule has 200 valence electrons. The Bertz CT molecular complexity index is 1750. The summed E-state index contributed by atoms with van der Waals surface area (Å²) in [5, 5.41) is 1.89. The Morgan fingerprint density at radius 1 is 0.923 bits per heavy atom. The van der Waals surface area contributed by atoms with Gasteiger partial charge in [-0.2, -0.15) is 0 Å². The number of rotatable bonds is 7. The van der Waals surface area contributed by atoms with Gasteiger partial charge >= 0.3 is 0 Å². The molecule has 0 N–H and O–H groups in total. The van der Waals surface area contributed by atoms with Crippen LogP contribution in [-0.2, 0) is 10.0 Å². The van der Waals surface area contributed by atoms with Gasteiger partial charge in [-0.1, -0.05) is 60.1 Å². The number of aromatic nitrogens is 2. The second-order valence-corrected chi connectivity index (χ2v) is 12.0. The van der Waals surface area contributed by atoms with Gasteiger partial charge in [-0.3, -0.25) is 4.90 Å². The number of hydrogen-bond donors (Lipinski definition) is 0. The average Bonchev–Trinajstić information content (AvgIpc) is 3.30. The van der Waals surface area contributed by atoms with Crippen molar-refractivity contribution in [3.05, 3.63) is 90.1 Å². The van der Waals surface area contributed by atoms with E-state index in [9.17, 15) is 8.42 Å². The van der Waals surface area contributed by atoms with Crippen molar-refractivity contribution in [3.8, 4) is 16.9 Å². The Morgan fingerprint density at radius 3 is 2.46 bits per heavy atom. The molecule has 1 saturated heterocycles. The van der Waals surface area contributed by atoms with E-state index >= 15 is 0 Å². The zero-order chi connectivity index (χ0) is 27.0. The number of piperazine rings is 1. The van der Waals surface area contributed by atoms with Crippen LogP contribution in [0.1, 0.15) is 0 Å². The topological polar surface area (TPSA) is 67.7 Å². The van der Waals surface area contributed by atoms with Crippen molar-refractivity contribution in [3.63, 3.8) is 0 Å². The smallest absolute Gasteiger partial charge is 0.269 e. The van der Waals surface area contributed by atoms with Crippen LogP contribution in [0.4, 0.5) is 0 Å². The van der Waals surface area contributed by atoms with Crippen LogP contribution in [0.25, 0.3) is 33.1 Å².